The molecule has 2 aromatic rings. The molecule has 0 aliphatic carbocycles. The van der Waals surface area contributed by atoms with Crippen LogP contribution in [0.5, 0.6) is 5.75 Å². The van der Waals surface area contributed by atoms with E-state index in [1.165, 1.54) is 5.56 Å². The molecule has 4 nitrogen and oxygen atoms in total. The highest BCUT2D eigenvalue weighted by Crippen LogP contribution is 2.31. The molecule has 3 rings (SSSR count). The maximum atomic E-state index is 12.6. The van der Waals surface area contributed by atoms with Crippen molar-refractivity contribution in [1.29, 1.82) is 0 Å². The van der Waals surface area contributed by atoms with Crippen LogP contribution in [-0.4, -0.2) is 25.6 Å². The summed E-state index contributed by atoms with van der Waals surface area (Å²) in [6, 6.07) is 13.8. The number of benzene rings is 2. The summed E-state index contributed by atoms with van der Waals surface area (Å²) in [5.41, 5.74) is 3.03. The van der Waals surface area contributed by atoms with Crippen LogP contribution in [0.4, 0.5) is 11.4 Å². The smallest absolute Gasteiger partial charge is 0.244 e. The van der Waals surface area contributed by atoms with Crippen molar-refractivity contribution in [2.24, 2.45) is 0 Å². The quantitative estimate of drug-likeness (QED) is 0.906. The Hall–Kier alpha value is -2.20. The lowest BCUT2D eigenvalue weighted by Crippen LogP contribution is -2.42. The summed E-state index contributed by atoms with van der Waals surface area (Å²) in [6.07, 6.45) is 2.10. The molecule has 0 saturated heterocycles. The molecule has 1 aliphatic heterocycles. The molecular weight excluding hydrogens is 324 g/mol. The van der Waals surface area contributed by atoms with Crippen LogP contribution in [0.3, 0.4) is 0 Å². The van der Waals surface area contributed by atoms with Crippen LogP contribution in [-0.2, 0) is 11.2 Å². The highest BCUT2D eigenvalue weighted by Gasteiger charge is 2.24. The second kappa shape index (κ2) is 7.14. The molecule has 1 heterocycles. The van der Waals surface area contributed by atoms with Crippen LogP contribution in [0.25, 0.3) is 0 Å². The summed E-state index contributed by atoms with van der Waals surface area (Å²) >= 11 is 6.02. The molecule has 0 spiro atoms. The number of fused-ring (bicyclic) bond motifs is 1. The van der Waals surface area contributed by atoms with Crippen molar-refractivity contribution in [2.45, 2.75) is 25.8 Å². The normalized spacial score (nSPS) is 16.5. The van der Waals surface area contributed by atoms with Gasteiger partial charge in [-0.3, -0.25) is 4.79 Å². The highest BCUT2D eigenvalue weighted by molar-refractivity contribution is 6.31. The summed E-state index contributed by atoms with van der Waals surface area (Å²) in [4.78, 5) is 14.7. The summed E-state index contributed by atoms with van der Waals surface area (Å²) in [6.45, 7) is 2.46. The van der Waals surface area contributed by atoms with E-state index in [1.54, 1.807) is 25.3 Å². The van der Waals surface area contributed by atoms with Gasteiger partial charge in [0.25, 0.3) is 0 Å². The number of hydrogen-bond donors (Lipinski definition) is 1. The largest absolute Gasteiger partial charge is 0.495 e. The molecule has 0 unspecified atom stereocenters. The number of carbonyl (C=O) groups is 1. The number of amides is 1. The van der Waals surface area contributed by atoms with Crippen LogP contribution >= 0.6 is 11.6 Å². The number of ether oxygens (including phenoxy) is 1. The predicted molar refractivity (Wildman–Crippen MR) is 98.2 cm³/mol. The Morgan fingerprint density at radius 1 is 1.33 bits per heavy atom. The van der Waals surface area contributed by atoms with Crippen molar-refractivity contribution in [2.75, 3.05) is 23.9 Å². The van der Waals surface area contributed by atoms with Crippen LogP contribution < -0.4 is 15.0 Å². The van der Waals surface area contributed by atoms with Crippen LogP contribution in [0.1, 0.15) is 18.9 Å². The lowest BCUT2D eigenvalue weighted by Gasteiger charge is -2.36. The number of hydrogen-bond acceptors (Lipinski definition) is 3. The summed E-state index contributed by atoms with van der Waals surface area (Å²) in [5, 5.41) is 3.47. The number of nitrogens with one attached hydrogen (secondary N) is 1. The number of methoxy groups -OCH3 is 1. The Morgan fingerprint density at radius 2 is 2.12 bits per heavy atom. The summed E-state index contributed by atoms with van der Waals surface area (Å²) < 4.78 is 5.28. The average molecular weight is 345 g/mol. The first-order valence-corrected chi connectivity index (χ1v) is 8.44. The van der Waals surface area contributed by atoms with E-state index < -0.39 is 0 Å². The van der Waals surface area contributed by atoms with Gasteiger partial charge in [-0.15, -0.1) is 0 Å². The van der Waals surface area contributed by atoms with Gasteiger partial charge < -0.3 is 15.0 Å². The van der Waals surface area contributed by atoms with E-state index >= 15 is 0 Å². The number of anilines is 2. The van der Waals surface area contributed by atoms with Crippen molar-refractivity contribution in [3.8, 4) is 5.75 Å². The minimum absolute atomic E-state index is 0.0841. The van der Waals surface area contributed by atoms with Gasteiger partial charge in [0, 0.05) is 16.8 Å². The van der Waals surface area contributed by atoms with E-state index in [0.717, 1.165) is 18.5 Å². The fraction of sp³-hybridized carbons (Fsp3) is 0.316. The van der Waals surface area contributed by atoms with E-state index in [0.29, 0.717) is 29.0 Å². The molecular formula is C19H21ClN2O2. The van der Waals surface area contributed by atoms with Gasteiger partial charge in [0.15, 0.2) is 0 Å². The SMILES string of the molecule is COc1ccc(Cl)cc1NC(=O)CN1c2ccccc2CC[C@@H]1C. The Balaban J connectivity index is 1.77. The van der Waals surface area contributed by atoms with Crippen molar-refractivity contribution >= 4 is 28.9 Å². The maximum Gasteiger partial charge on any atom is 0.244 e. The van der Waals surface area contributed by atoms with E-state index in [1.807, 2.05) is 12.1 Å². The Kier molecular flexibility index (Phi) is 4.95. The lowest BCUT2D eigenvalue weighted by atomic mass is 9.96. The third-order valence-corrected chi connectivity index (χ3v) is 4.65. The number of rotatable bonds is 4. The summed E-state index contributed by atoms with van der Waals surface area (Å²) in [5.74, 6) is 0.513. The van der Waals surface area contributed by atoms with Crippen LogP contribution in [0, 0.1) is 0 Å². The minimum atomic E-state index is -0.0841. The molecule has 1 amide bonds. The zero-order valence-corrected chi connectivity index (χ0v) is 14.6. The number of nitrogens with zero attached hydrogens (tertiary/aromatic N) is 1. The fourth-order valence-electron chi connectivity index (χ4n) is 3.12. The molecule has 1 N–H and O–H groups in total. The first-order chi connectivity index (χ1) is 11.6. The monoisotopic (exact) mass is 344 g/mol. The molecule has 1 aliphatic rings. The topological polar surface area (TPSA) is 41.6 Å². The first kappa shape index (κ1) is 16.7. The molecule has 2 aromatic carbocycles. The molecule has 0 fully saturated rings. The lowest BCUT2D eigenvalue weighted by molar-refractivity contribution is -0.115. The van der Waals surface area contributed by atoms with Crippen LogP contribution in [0.2, 0.25) is 5.02 Å². The summed E-state index contributed by atoms with van der Waals surface area (Å²) in [7, 11) is 1.57. The molecule has 1 atom stereocenters. The molecule has 0 bridgehead atoms. The molecule has 0 aromatic heterocycles. The molecule has 5 heteroatoms. The van der Waals surface area contributed by atoms with Crippen molar-refractivity contribution < 1.29 is 9.53 Å². The Morgan fingerprint density at radius 3 is 2.92 bits per heavy atom. The predicted octanol–water partition coefficient (Wildman–Crippen LogP) is 4.13. The van der Waals surface area contributed by atoms with Crippen LogP contribution in [0.15, 0.2) is 42.5 Å². The van der Waals surface area contributed by atoms with E-state index in [9.17, 15) is 4.79 Å². The Bertz CT molecular complexity index is 748. The van der Waals surface area contributed by atoms with Crippen molar-refractivity contribution in [3.63, 3.8) is 0 Å². The minimum Gasteiger partial charge on any atom is -0.495 e. The number of para-hydroxylation sites is 1. The Labute approximate surface area is 147 Å². The van der Waals surface area contributed by atoms with Gasteiger partial charge in [0.1, 0.15) is 5.75 Å². The molecule has 0 saturated carbocycles. The van der Waals surface area contributed by atoms with Gasteiger partial charge in [-0.25, -0.2) is 0 Å². The van der Waals surface area contributed by atoms with E-state index in [4.69, 9.17) is 16.3 Å². The standard InChI is InChI=1S/C19H21ClN2O2/c1-13-7-8-14-5-3-4-6-17(14)22(13)12-19(23)21-16-11-15(20)9-10-18(16)24-2/h3-6,9-11,13H,7-8,12H2,1-2H3,(H,21,23)/t13-/m0/s1. The maximum absolute atomic E-state index is 12.6. The zero-order valence-electron chi connectivity index (χ0n) is 13.9. The van der Waals surface area contributed by atoms with Gasteiger partial charge in [0.2, 0.25) is 5.91 Å². The van der Waals surface area contributed by atoms with Gasteiger partial charge in [-0.05, 0) is 49.6 Å². The number of carbonyl (C=O) groups excluding carboxylic acids is 1. The second-order valence-corrected chi connectivity index (χ2v) is 6.47. The zero-order chi connectivity index (χ0) is 17.1. The second-order valence-electron chi connectivity index (χ2n) is 6.04. The van der Waals surface area contributed by atoms with Gasteiger partial charge >= 0.3 is 0 Å². The van der Waals surface area contributed by atoms with Crippen molar-refractivity contribution in [1.82, 2.24) is 0 Å². The van der Waals surface area contributed by atoms with Crippen molar-refractivity contribution in [3.05, 3.63) is 53.1 Å². The third kappa shape index (κ3) is 3.49. The number of aryl methyl sites for hydroxylation is 1. The number of halogens is 1. The molecule has 126 valence electrons. The first-order valence-electron chi connectivity index (χ1n) is 8.06. The van der Waals surface area contributed by atoms with E-state index in [-0.39, 0.29) is 5.91 Å². The van der Waals surface area contributed by atoms with Gasteiger partial charge in [0.05, 0.1) is 19.3 Å². The average Bonchev–Trinajstić information content (AvgIpc) is 2.58. The van der Waals surface area contributed by atoms with Gasteiger partial charge in [-0.1, -0.05) is 29.8 Å². The van der Waals surface area contributed by atoms with Gasteiger partial charge in [-0.2, -0.15) is 0 Å². The fourth-order valence-corrected chi connectivity index (χ4v) is 3.30. The van der Waals surface area contributed by atoms with E-state index in [2.05, 4.69) is 29.3 Å². The molecule has 24 heavy (non-hydrogen) atoms. The molecule has 0 radical (unpaired) electrons. The third-order valence-electron chi connectivity index (χ3n) is 4.41. The highest BCUT2D eigenvalue weighted by atomic mass is 35.5.